The molecule has 0 unspecified atom stereocenters. The largest absolute Gasteiger partial charge is 0.496 e. The van der Waals surface area contributed by atoms with Gasteiger partial charge in [0.05, 0.1) is 18.2 Å². The van der Waals surface area contributed by atoms with Crippen molar-refractivity contribution in [2.24, 2.45) is 0 Å². The molecule has 0 saturated carbocycles. The molecule has 0 radical (unpaired) electrons. The summed E-state index contributed by atoms with van der Waals surface area (Å²) < 4.78 is 42.7. The van der Waals surface area contributed by atoms with Crippen LogP contribution in [0.15, 0.2) is 29.2 Å². The van der Waals surface area contributed by atoms with Crippen molar-refractivity contribution in [1.29, 1.82) is 0 Å². The number of hydrogen-bond donors (Lipinski definition) is 1. The van der Waals surface area contributed by atoms with Gasteiger partial charge in [-0.1, -0.05) is 0 Å². The second-order valence-corrected chi connectivity index (χ2v) is 3.44. The summed E-state index contributed by atoms with van der Waals surface area (Å²) in [6, 6.07) is 3.21. The third-order valence-electron chi connectivity index (χ3n) is 2.38. The smallest absolute Gasteiger partial charge is 0.420 e. The van der Waals surface area contributed by atoms with Gasteiger partial charge in [-0.25, -0.2) is 0 Å². The number of ether oxygens (including phenoxy) is 1. The van der Waals surface area contributed by atoms with E-state index in [1.165, 1.54) is 12.3 Å². The van der Waals surface area contributed by atoms with Crippen LogP contribution in [0.5, 0.6) is 5.75 Å². The van der Waals surface area contributed by atoms with Crippen molar-refractivity contribution in [3.63, 3.8) is 0 Å². The first-order chi connectivity index (χ1) is 7.93. The number of aromatic amines is 1. The van der Waals surface area contributed by atoms with Crippen molar-refractivity contribution in [1.82, 2.24) is 4.98 Å². The highest BCUT2D eigenvalue weighted by atomic mass is 19.4. The van der Waals surface area contributed by atoms with Crippen molar-refractivity contribution < 1.29 is 17.9 Å². The molecule has 0 bridgehead atoms. The molecule has 0 spiro atoms. The maximum absolute atomic E-state index is 12.7. The lowest BCUT2D eigenvalue weighted by molar-refractivity contribution is -0.138. The maximum Gasteiger partial charge on any atom is 0.420 e. The minimum atomic E-state index is -4.52. The summed E-state index contributed by atoms with van der Waals surface area (Å²) in [5.74, 6) is -0.360. The van der Waals surface area contributed by atoms with Gasteiger partial charge in [0.15, 0.2) is 5.43 Å². The lowest BCUT2D eigenvalue weighted by Crippen LogP contribution is -2.09. The fourth-order valence-electron chi connectivity index (χ4n) is 1.59. The lowest BCUT2D eigenvalue weighted by atomic mass is 10.1. The van der Waals surface area contributed by atoms with Crippen LogP contribution in [0.3, 0.4) is 0 Å². The van der Waals surface area contributed by atoms with Crippen molar-refractivity contribution >= 4 is 10.9 Å². The third kappa shape index (κ3) is 1.98. The molecule has 0 fully saturated rings. The molecule has 2 aromatic rings. The molecule has 0 aliphatic rings. The van der Waals surface area contributed by atoms with Crippen LogP contribution in [-0.2, 0) is 6.18 Å². The van der Waals surface area contributed by atoms with Gasteiger partial charge in [-0.3, -0.25) is 4.79 Å². The molecule has 6 heteroatoms. The average molecular weight is 243 g/mol. The molecular weight excluding hydrogens is 235 g/mol. The van der Waals surface area contributed by atoms with Gasteiger partial charge < -0.3 is 9.72 Å². The molecule has 0 aliphatic carbocycles. The number of pyridine rings is 1. The number of rotatable bonds is 1. The van der Waals surface area contributed by atoms with Crippen LogP contribution in [0.4, 0.5) is 13.2 Å². The van der Waals surface area contributed by atoms with E-state index in [1.807, 2.05) is 0 Å². The number of fused-ring (bicyclic) bond motifs is 1. The highest BCUT2D eigenvalue weighted by Crippen LogP contribution is 2.37. The summed E-state index contributed by atoms with van der Waals surface area (Å²) >= 11 is 0. The van der Waals surface area contributed by atoms with E-state index in [1.54, 1.807) is 0 Å². The Morgan fingerprint density at radius 2 is 2.00 bits per heavy atom. The highest BCUT2D eigenvalue weighted by molar-refractivity contribution is 5.81. The van der Waals surface area contributed by atoms with Crippen molar-refractivity contribution in [2.45, 2.75) is 6.18 Å². The van der Waals surface area contributed by atoms with Crippen LogP contribution in [0.25, 0.3) is 10.9 Å². The first kappa shape index (κ1) is 11.5. The minimum Gasteiger partial charge on any atom is -0.496 e. The topological polar surface area (TPSA) is 42.1 Å². The molecule has 17 heavy (non-hydrogen) atoms. The van der Waals surface area contributed by atoms with E-state index in [0.717, 1.165) is 19.2 Å². The monoisotopic (exact) mass is 243 g/mol. The minimum absolute atomic E-state index is 0.130. The lowest BCUT2D eigenvalue weighted by Gasteiger charge is -2.12. The normalized spacial score (nSPS) is 11.8. The van der Waals surface area contributed by atoms with Crippen LogP contribution < -0.4 is 10.2 Å². The Labute approximate surface area is 93.8 Å². The molecule has 0 aliphatic heterocycles. The zero-order valence-electron chi connectivity index (χ0n) is 8.76. The van der Waals surface area contributed by atoms with E-state index in [-0.39, 0.29) is 22.1 Å². The summed E-state index contributed by atoms with van der Waals surface area (Å²) in [6.07, 6.45) is -3.22. The number of aromatic nitrogens is 1. The van der Waals surface area contributed by atoms with E-state index in [2.05, 4.69) is 9.72 Å². The second-order valence-electron chi connectivity index (χ2n) is 3.44. The van der Waals surface area contributed by atoms with Gasteiger partial charge in [-0.2, -0.15) is 13.2 Å². The molecule has 0 atom stereocenters. The van der Waals surface area contributed by atoms with Gasteiger partial charge in [0.1, 0.15) is 5.75 Å². The molecule has 0 amide bonds. The second kappa shape index (κ2) is 3.80. The third-order valence-corrected chi connectivity index (χ3v) is 2.38. The van der Waals surface area contributed by atoms with Crippen molar-refractivity contribution in [3.8, 4) is 5.75 Å². The van der Waals surface area contributed by atoms with Gasteiger partial charge in [-0.15, -0.1) is 0 Å². The number of benzene rings is 1. The quantitative estimate of drug-likeness (QED) is 0.836. The van der Waals surface area contributed by atoms with Gasteiger partial charge in [0, 0.05) is 17.6 Å². The van der Waals surface area contributed by atoms with Crippen LogP contribution >= 0.6 is 0 Å². The van der Waals surface area contributed by atoms with E-state index < -0.39 is 11.7 Å². The summed E-state index contributed by atoms with van der Waals surface area (Å²) in [5.41, 5.74) is -1.13. The molecule has 1 aromatic carbocycles. The van der Waals surface area contributed by atoms with Crippen molar-refractivity contribution in [3.05, 3.63) is 40.2 Å². The molecule has 90 valence electrons. The van der Waals surface area contributed by atoms with Crippen LogP contribution in [0.1, 0.15) is 5.56 Å². The van der Waals surface area contributed by atoms with E-state index in [4.69, 9.17) is 0 Å². The average Bonchev–Trinajstić information content (AvgIpc) is 2.27. The van der Waals surface area contributed by atoms with Gasteiger partial charge in [0.25, 0.3) is 0 Å². The van der Waals surface area contributed by atoms with Crippen LogP contribution in [0.2, 0.25) is 0 Å². The van der Waals surface area contributed by atoms with E-state index >= 15 is 0 Å². The molecule has 1 N–H and O–H groups in total. The maximum atomic E-state index is 12.7. The molecule has 1 heterocycles. The van der Waals surface area contributed by atoms with Gasteiger partial charge in [0.2, 0.25) is 0 Å². The number of halogens is 3. The Hall–Kier alpha value is -1.98. The number of alkyl halides is 3. The number of nitrogens with one attached hydrogen (secondary N) is 1. The van der Waals surface area contributed by atoms with Crippen LogP contribution in [0, 0.1) is 0 Å². The fraction of sp³-hybridized carbons (Fsp3) is 0.182. The Bertz CT molecular complexity index is 616. The van der Waals surface area contributed by atoms with Crippen molar-refractivity contribution in [2.75, 3.05) is 7.11 Å². The highest BCUT2D eigenvalue weighted by Gasteiger charge is 2.34. The summed E-state index contributed by atoms with van der Waals surface area (Å²) in [4.78, 5) is 14.1. The standard InChI is InChI=1S/C11H8F3NO2/c1-17-10-4-6-8(15-3-2-9(6)16)5-7(10)11(12,13)14/h2-5H,1H3,(H,15,16). The van der Waals surface area contributed by atoms with E-state index in [0.29, 0.717) is 0 Å². The Kier molecular flexibility index (Phi) is 2.57. The van der Waals surface area contributed by atoms with Gasteiger partial charge in [-0.05, 0) is 12.1 Å². The SMILES string of the molecule is COc1cc2c(=O)cc[nH]c2cc1C(F)(F)F. The van der Waals surface area contributed by atoms with Gasteiger partial charge >= 0.3 is 6.18 Å². The number of hydrogen-bond acceptors (Lipinski definition) is 2. The summed E-state index contributed by atoms with van der Waals surface area (Å²) in [7, 11) is 1.13. The molecule has 2 rings (SSSR count). The summed E-state index contributed by atoms with van der Waals surface area (Å²) in [5, 5.41) is 0.164. The molecular formula is C11H8F3NO2. The number of H-pyrrole nitrogens is 1. The zero-order chi connectivity index (χ0) is 12.6. The Morgan fingerprint density at radius 3 is 2.59 bits per heavy atom. The molecule has 3 nitrogen and oxygen atoms in total. The first-order valence-electron chi connectivity index (χ1n) is 4.70. The Balaban J connectivity index is 2.83. The number of methoxy groups -OCH3 is 1. The zero-order valence-corrected chi connectivity index (χ0v) is 8.76. The molecule has 1 aromatic heterocycles. The molecule has 0 saturated heterocycles. The first-order valence-corrected chi connectivity index (χ1v) is 4.70. The van der Waals surface area contributed by atoms with E-state index in [9.17, 15) is 18.0 Å². The predicted octanol–water partition coefficient (Wildman–Crippen LogP) is 2.56. The van der Waals surface area contributed by atoms with Crippen LogP contribution in [-0.4, -0.2) is 12.1 Å². The fourth-order valence-corrected chi connectivity index (χ4v) is 1.59. The predicted molar refractivity (Wildman–Crippen MR) is 56.1 cm³/mol. The Morgan fingerprint density at radius 1 is 1.29 bits per heavy atom. The summed E-state index contributed by atoms with van der Waals surface area (Å²) in [6.45, 7) is 0.